The van der Waals surface area contributed by atoms with E-state index in [1.807, 2.05) is 6.92 Å². The van der Waals surface area contributed by atoms with Crippen LogP contribution in [0.5, 0.6) is 0 Å². The maximum atomic E-state index is 12.5. The fourth-order valence-electron chi connectivity index (χ4n) is 3.01. The van der Waals surface area contributed by atoms with Gasteiger partial charge in [-0.25, -0.2) is 13.8 Å². The molecule has 8 heteroatoms. The average Bonchev–Trinajstić information content (AvgIpc) is 2.96. The molecule has 0 bridgehead atoms. The van der Waals surface area contributed by atoms with Crippen LogP contribution in [0.3, 0.4) is 0 Å². The van der Waals surface area contributed by atoms with Crippen LogP contribution < -0.4 is 5.56 Å². The topological polar surface area (TPSA) is 64.2 Å². The fraction of sp³-hybridized carbons (Fsp3) is 0.562. The number of likely N-dealkylation sites (tertiary alicyclic amines) is 1. The Kier molecular flexibility index (Phi) is 5.03. The van der Waals surface area contributed by atoms with Crippen molar-refractivity contribution in [1.82, 2.24) is 19.6 Å². The first-order valence-corrected chi connectivity index (χ1v) is 8.00. The molecule has 0 spiro atoms. The number of halogens is 2. The van der Waals surface area contributed by atoms with Crippen LogP contribution in [0.1, 0.15) is 36.3 Å². The van der Waals surface area contributed by atoms with Crippen LogP contribution in [0.4, 0.5) is 8.78 Å². The summed E-state index contributed by atoms with van der Waals surface area (Å²) in [5, 5.41) is 3.79. The summed E-state index contributed by atoms with van der Waals surface area (Å²) in [5.74, 6) is 1.19. The van der Waals surface area contributed by atoms with Gasteiger partial charge in [0.15, 0.2) is 0 Å². The lowest BCUT2D eigenvalue weighted by atomic mass is 9.96. The minimum absolute atomic E-state index is 0.349. The van der Waals surface area contributed by atoms with Gasteiger partial charge in [-0.3, -0.25) is 14.3 Å². The van der Waals surface area contributed by atoms with Crippen molar-refractivity contribution in [3.8, 4) is 0 Å². The van der Waals surface area contributed by atoms with Crippen molar-refractivity contribution in [2.45, 2.75) is 39.3 Å². The molecule has 0 atom stereocenters. The fourth-order valence-corrected chi connectivity index (χ4v) is 3.01. The average molecular weight is 338 g/mol. The molecule has 0 aliphatic carbocycles. The molecule has 1 aliphatic heterocycles. The first-order valence-electron chi connectivity index (χ1n) is 8.00. The quantitative estimate of drug-likeness (QED) is 0.838. The van der Waals surface area contributed by atoms with Gasteiger partial charge >= 0.3 is 0 Å². The van der Waals surface area contributed by atoms with E-state index < -0.39 is 17.7 Å². The number of aromatic nitrogens is 3. The molecule has 0 unspecified atom stereocenters. The highest BCUT2D eigenvalue weighted by molar-refractivity contribution is 5.11. The summed E-state index contributed by atoms with van der Waals surface area (Å²) >= 11 is 0. The largest absolute Gasteiger partial charge is 0.361 e. The van der Waals surface area contributed by atoms with Crippen molar-refractivity contribution < 1.29 is 13.3 Å². The molecule has 2 aromatic heterocycles. The van der Waals surface area contributed by atoms with E-state index in [2.05, 4.69) is 15.0 Å². The molecular weight excluding hydrogens is 318 g/mol. The molecule has 1 aliphatic rings. The molecule has 1 fully saturated rings. The molecule has 1 saturated heterocycles. The van der Waals surface area contributed by atoms with E-state index in [0.29, 0.717) is 12.5 Å². The number of alkyl halides is 2. The zero-order valence-electron chi connectivity index (χ0n) is 13.5. The maximum absolute atomic E-state index is 12.5. The molecule has 0 amide bonds. The van der Waals surface area contributed by atoms with E-state index >= 15 is 0 Å². The van der Waals surface area contributed by atoms with Crippen LogP contribution in [-0.4, -0.2) is 32.7 Å². The van der Waals surface area contributed by atoms with Crippen LogP contribution in [-0.2, 0) is 13.1 Å². The van der Waals surface area contributed by atoms with Crippen molar-refractivity contribution in [2.24, 2.45) is 5.92 Å². The van der Waals surface area contributed by atoms with E-state index in [1.165, 1.54) is 10.9 Å². The Hall–Kier alpha value is -2.09. The Bertz CT molecular complexity index is 736. The first-order chi connectivity index (χ1) is 11.5. The standard InChI is InChI=1S/C16H20F2N4O2/c1-11-13(7-20-24-11)9-21-4-2-12(3-5-21)8-22-10-19-14(16(17)18)6-15(22)23/h6-7,10,12,16H,2-5,8-9H2,1H3. The monoisotopic (exact) mass is 338 g/mol. The molecule has 3 heterocycles. The minimum atomic E-state index is -2.71. The number of hydrogen-bond donors (Lipinski definition) is 0. The van der Waals surface area contributed by atoms with E-state index in [4.69, 9.17) is 4.52 Å². The summed E-state index contributed by atoms with van der Waals surface area (Å²) in [6.45, 7) is 5.08. The third-order valence-corrected chi connectivity index (χ3v) is 4.53. The van der Waals surface area contributed by atoms with Gasteiger partial charge in [0.1, 0.15) is 11.5 Å². The highest BCUT2D eigenvalue weighted by atomic mass is 19.3. The Morgan fingerprint density at radius 1 is 1.38 bits per heavy atom. The molecule has 3 rings (SSSR count). The molecule has 0 saturated carbocycles. The maximum Gasteiger partial charge on any atom is 0.280 e. The third-order valence-electron chi connectivity index (χ3n) is 4.53. The zero-order valence-corrected chi connectivity index (χ0v) is 13.5. The van der Waals surface area contributed by atoms with Crippen molar-refractivity contribution in [3.63, 3.8) is 0 Å². The van der Waals surface area contributed by atoms with E-state index in [-0.39, 0.29) is 0 Å². The second-order valence-electron chi connectivity index (χ2n) is 6.23. The third kappa shape index (κ3) is 3.87. The summed E-state index contributed by atoms with van der Waals surface area (Å²) in [6.07, 6.45) is 2.17. The van der Waals surface area contributed by atoms with Gasteiger partial charge in [-0.05, 0) is 38.8 Å². The lowest BCUT2D eigenvalue weighted by Gasteiger charge is -2.31. The Labute approximate surface area is 138 Å². The van der Waals surface area contributed by atoms with Gasteiger partial charge in [-0.1, -0.05) is 5.16 Å². The van der Waals surface area contributed by atoms with Crippen molar-refractivity contribution in [1.29, 1.82) is 0 Å². The predicted octanol–water partition coefficient (Wildman–Crippen LogP) is 2.39. The Morgan fingerprint density at radius 3 is 2.71 bits per heavy atom. The van der Waals surface area contributed by atoms with Crippen LogP contribution in [0.25, 0.3) is 0 Å². The van der Waals surface area contributed by atoms with Crippen LogP contribution in [0, 0.1) is 12.8 Å². The van der Waals surface area contributed by atoms with Gasteiger partial charge < -0.3 is 4.52 Å². The molecule has 6 nitrogen and oxygen atoms in total. The van der Waals surface area contributed by atoms with Crippen LogP contribution in [0.2, 0.25) is 0 Å². The molecule has 0 radical (unpaired) electrons. The van der Waals surface area contributed by atoms with Gasteiger partial charge in [0.2, 0.25) is 0 Å². The highest BCUT2D eigenvalue weighted by Gasteiger charge is 2.21. The lowest BCUT2D eigenvalue weighted by molar-refractivity contribution is 0.144. The van der Waals surface area contributed by atoms with Crippen LogP contribution >= 0.6 is 0 Å². The molecule has 24 heavy (non-hydrogen) atoms. The SMILES string of the molecule is Cc1oncc1CN1CCC(Cn2cnc(C(F)F)cc2=O)CC1. The smallest absolute Gasteiger partial charge is 0.280 e. The summed E-state index contributed by atoms with van der Waals surface area (Å²) in [7, 11) is 0. The van der Waals surface area contributed by atoms with E-state index in [9.17, 15) is 13.6 Å². The van der Waals surface area contributed by atoms with Gasteiger partial charge in [0.05, 0.1) is 12.5 Å². The molecule has 0 N–H and O–H groups in total. The lowest BCUT2D eigenvalue weighted by Crippen LogP contribution is -2.36. The minimum Gasteiger partial charge on any atom is -0.361 e. The first kappa shape index (κ1) is 16.8. The van der Waals surface area contributed by atoms with Crippen molar-refractivity contribution in [2.75, 3.05) is 13.1 Å². The normalized spacial score (nSPS) is 16.8. The number of hydrogen-bond acceptors (Lipinski definition) is 5. The van der Waals surface area contributed by atoms with Gasteiger partial charge in [-0.15, -0.1) is 0 Å². The summed E-state index contributed by atoms with van der Waals surface area (Å²) in [5.41, 5.74) is 0.217. The second kappa shape index (κ2) is 7.21. The predicted molar refractivity (Wildman–Crippen MR) is 82.7 cm³/mol. The Balaban J connectivity index is 1.54. The van der Waals surface area contributed by atoms with Crippen LogP contribution in [0.15, 0.2) is 27.9 Å². The number of rotatable bonds is 5. The van der Waals surface area contributed by atoms with E-state index in [1.54, 1.807) is 6.20 Å². The summed E-state index contributed by atoms with van der Waals surface area (Å²) in [4.78, 5) is 17.9. The number of nitrogens with zero attached hydrogens (tertiary/aromatic N) is 4. The van der Waals surface area contributed by atoms with Gasteiger partial charge in [0.25, 0.3) is 12.0 Å². The molecule has 2 aromatic rings. The molecule has 130 valence electrons. The number of aryl methyl sites for hydroxylation is 1. The van der Waals surface area contributed by atoms with E-state index in [0.717, 1.165) is 49.9 Å². The number of piperidine rings is 1. The van der Waals surface area contributed by atoms with Gasteiger partial charge in [-0.2, -0.15) is 0 Å². The highest BCUT2D eigenvalue weighted by Crippen LogP contribution is 2.21. The molecule has 0 aromatic carbocycles. The summed E-state index contributed by atoms with van der Waals surface area (Å²) < 4.78 is 31.6. The Morgan fingerprint density at radius 2 is 2.12 bits per heavy atom. The van der Waals surface area contributed by atoms with Crippen molar-refractivity contribution >= 4 is 0 Å². The van der Waals surface area contributed by atoms with Crippen molar-refractivity contribution in [3.05, 3.63) is 46.0 Å². The van der Waals surface area contributed by atoms with Gasteiger partial charge in [0, 0.05) is 24.7 Å². The zero-order chi connectivity index (χ0) is 17.1. The second-order valence-corrected chi connectivity index (χ2v) is 6.23. The molecular formula is C16H20F2N4O2. The summed E-state index contributed by atoms with van der Waals surface area (Å²) in [6, 6.07) is 0.925.